The van der Waals surface area contributed by atoms with E-state index in [9.17, 15) is 9.59 Å². The van der Waals surface area contributed by atoms with Gasteiger partial charge in [0.15, 0.2) is 0 Å². The van der Waals surface area contributed by atoms with E-state index in [2.05, 4.69) is 17.4 Å². The maximum atomic E-state index is 13.2. The summed E-state index contributed by atoms with van der Waals surface area (Å²) in [7, 11) is 0. The summed E-state index contributed by atoms with van der Waals surface area (Å²) in [6.07, 6.45) is 2.38. The predicted molar refractivity (Wildman–Crippen MR) is 108 cm³/mol. The number of likely N-dealkylation sites (tertiary alicyclic amines) is 1. The Kier molecular flexibility index (Phi) is 5.64. The van der Waals surface area contributed by atoms with Gasteiger partial charge in [-0.1, -0.05) is 48.5 Å². The third-order valence-electron chi connectivity index (χ3n) is 5.35. The van der Waals surface area contributed by atoms with E-state index in [0.29, 0.717) is 18.5 Å². The molecule has 27 heavy (non-hydrogen) atoms. The number of benzene rings is 2. The van der Waals surface area contributed by atoms with Crippen LogP contribution in [0.4, 0.5) is 0 Å². The molecule has 1 aliphatic heterocycles. The van der Waals surface area contributed by atoms with Gasteiger partial charge in [0.25, 0.3) is 5.91 Å². The molecule has 0 radical (unpaired) electrons. The molecule has 2 aromatic rings. The van der Waals surface area contributed by atoms with Crippen molar-refractivity contribution in [1.82, 2.24) is 10.2 Å². The first kappa shape index (κ1) is 19.2. The van der Waals surface area contributed by atoms with Gasteiger partial charge in [0, 0.05) is 18.2 Å². The average Bonchev–Trinajstić information content (AvgIpc) is 2.65. The number of amides is 2. The fraction of sp³-hybridized carbons (Fsp3) is 0.391. The van der Waals surface area contributed by atoms with Gasteiger partial charge in [0.05, 0.1) is 0 Å². The molecule has 2 aromatic carbocycles. The topological polar surface area (TPSA) is 49.4 Å². The molecule has 4 heteroatoms. The van der Waals surface area contributed by atoms with Crippen LogP contribution in [0.1, 0.15) is 48.7 Å². The highest BCUT2D eigenvalue weighted by atomic mass is 16.2. The fourth-order valence-corrected chi connectivity index (χ4v) is 3.55. The summed E-state index contributed by atoms with van der Waals surface area (Å²) in [5, 5.41) is 2.95. The van der Waals surface area contributed by atoms with Crippen LogP contribution in [-0.2, 0) is 17.6 Å². The van der Waals surface area contributed by atoms with Crippen molar-refractivity contribution in [2.24, 2.45) is 0 Å². The minimum Gasteiger partial charge on any atom is -0.352 e. The highest BCUT2D eigenvalue weighted by Crippen LogP contribution is 2.33. The van der Waals surface area contributed by atoms with Crippen molar-refractivity contribution in [3.8, 4) is 0 Å². The summed E-state index contributed by atoms with van der Waals surface area (Å²) in [6.45, 7) is 6.35. The van der Waals surface area contributed by atoms with Gasteiger partial charge in [0.2, 0.25) is 5.91 Å². The van der Waals surface area contributed by atoms with E-state index in [-0.39, 0.29) is 17.9 Å². The predicted octanol–water partition coefficient (Wildman–Crippen LogP) is 3.60. The summed E-state index contributed by atoms with van der Waals surface area (Å²) >= 11 is 0. The van der Waals surface area contributed by atoms with Crippen LogP contribution in [0.5, 0.6) is 0 Å². The molecule has 3 rings (SSSR count). The quantitative estimate of drug-likeness (QED) is 0.851. The second-order valence-electron chi connectivity index (χ2n) is 7.75. The Hall–Kier alpha value is -2.62. The van der Waals surface area contributed by atoms with Crippen LogP contribution in [0.15, 0.2) is 54.6 Å². The van der Waals surface area contributed by atoms with E-state index in [1.807, 2.05) is 63.2 Å². The Morgan fingerprint density at radius 1 is 1.04 bits per heavy atom. The van der Waals surface area contributed by atoms with E-state index in [1.54, 1.807) is 4.90 Å². The Bertz CT molecular complexity index is 816. The molecule has 4 nitrogen and oxygen atoms in total. The minimum absolute atomic E-state index is 0.0497. The maximum absolute atomic E-state index is 13.2. The van der Waals surface area contributed by atoms with Crippen LogP contribution >= 0.6 is 0 Å². The Balaban J connectivity index is 1.76. The number of aryl methyl sites for hydroxylation is 2. The highest BCUT2D eigenvalue weighted by molar-refractivity contribution is 6.01. The zero-order chi connectivity index (χ0) is 19.4. The number of carbonyl (C=O) groups excluding carboxylic acids is 2. The normalized spacial score (nSPS) is 18.9. The molecule has 2 amide bonds. The molecular formula is C23H28N2O2. The lowest BCUT2D eigenvalue weighted by molar-refractivity contribution is -0.138. The zero-order valence-electron chi connectivity index (χ0n) is 16.4. The highest BCUT2D eigenvalue weighted by Gasteiger charge is 2.49. The number of hydrogen-bond donors (Lipinski definition) is 1. The zero-order valence-corrected chi connectivity index (χ0v) is 16.4. The molecule has 1 unspecified atom stereocenters. The van der Waals surface area contributed by atoms with Gasteiger partial charge in [-0.15, -0.1) is 0 Å². The first-order valence-corrected chi connectivity index (χ1v) is 9.66. The summed E-state index contributed by atoms with van der Waals surface area (Å²) in [5.74, 6) is -0.120. The number of nitrogens with zero attached hydrogens (tertiary/aromatic N) is 1. The SMILES string of the molecule is CC(C)NC(=O)C1(C)CCN1C(=O)c1ccccc1CCc1ccccc1. The standard InChI is InChI=1S/C23H28N2O2/c1-17(2)24-22(27)23(3)15-16-25(23)21(26)20-12-8-7-11-19(20)14-13-18-9-5-4-6-10-18/h4-12,17H,13-16H2,1-3H3,(H,24,27). The summed E-state index contributed by atoms with van der Waals surface area (Å²) in [4.78, 5) is 27.5. The number of hydrogen-bond acceptors (Lipinski definition) is 2. The second kappa shape index (κ2) is 7.95. The van der Waals surface area contributed by atoms with Crippen LogP contribution in [-0.4, -0.2) is 34.8 Å². The number of nitrogens with one attached hydrogen (secondary N) is 1. The summed E-state index contributed by atoms with van der Waals surface area (Å²) < 4.78 is 0. The van der Waals surface area contributed by atoms with Crippen molar-refractivity contribution in [2.45, 2.75) is 51.6 Å². The molecule has 1 atom stereocenters. The number of rotatable bonds is 6. The summed E-state index contributed by atoms with van der Waals surface area (Å²) in [6, 6.07) is 18.1. The van der Waals surface area contributed by atoms with Crippen LogP contribution in [0.3, 0.4) is 0 Å². The molecule has 0 saturated carbocycles. The first-order chi connectivity index (χ1) is 12.9. The lowest BCUT2D eigenvalue weighted by atomic mass is 9.84. The minimum atomic E-state index is -0.756. The van der Waals surface area contributed by atoms with E-state index < -0.39 is 5.54 Å². The van der Waals surface area contributed by atoms with Gasteiger partial charge in [-0.25, -0.2) is 0 Å². The molecule has 0 aliphatic carbocycles. The maximum Gasteiger partial charge on any atom is 0.255 e. The first-order valence-electron chi connectivity index (χ1n) is 9.66. The molecule has 1 aliphatic rings. The van der Waals surface area contributed by atoms with Gasteiger partial charge in [-0.05, 0) is 57.2 Å². The van der Waals surface area contributed by atoms with Crippen LogP contribution in [0.25, 0.3) is 0 Å². The van der Waals surface area contributed by atoms with Gasteiger partial charge in [0.1, 0.15) is 5.54 Å². The molecule has 142 valence electrons. The Morgan fingerprint density at radius 3 is 2.33 bits per heavy atom. The molecule has 1 N–H and O–H groups in total. The molecule has 1 fully saturated rings. The van der Waals surface area contributed by atoms with Crippen molar-refractivity contribution in [1.29, 1.82) is 0 Å². The lowest BCUT2D eigenvalue weighted by Crippen LogP contribution is -2.68. The van der Waals surface area contributed by atoms with E-state index >= 15 is 0 Å². The Labute approximate surface area is 161 Å². The van der Waals surface area contributed by atoms with Crippen molar-refractivity contribution in [2.75, 3.05) is 6.54 Å². The molecule has 1 heterocycles. The molecule has 1 saturated heterocycles. The van der Waals surface area contributed by atoms with Gasteiger partial charge in [-0.3, -0.25) is 9.59 Å². The molecule has 0 spiro atoms. The van der Waals surface area contributed by atoms with Crippen LogP contribution < -0.4 is 5.32 Å². The van der Waals surface area contributed by atoms with E-state index in [4.69, 9.17) is 0 Å². The second-order valence-corrected chi connectivity index (χ2v) is 7.75. The lowest BCUT2D eigenvalue weighted by Gasteiger charge is -2.49. The smallest absolute Gasteiger partial charge is 0.255 e. The van der Waals surface area contributed by atoms with Gasteiger partial charge >= 0.3 is 0 Å². The van der Waals surface area contributed by atoms with Crippen LogP contribution in [0, 0.1) is 0 Å². The average molecular weight is 364 g/mol. The van der Waals surface area contributed by atoms with Crippen molar-refractivity contribution in [3.05, 3.63) is 71.3 Å². The largest absolute Gasteiger partial charge is 0.352 e. The molecule has 0 aromatic heterocycles. The molecule has 0 bridgehead atoms. The van der Waals surface area contributed by atoms with Crippen molar-refractivity contribution >= 4 is 11.8 Å². The van der Waals surface area contributed by atoms with Gasteiger partial charge in [-0.2, -0.15) is 0 Å². The third kappa shape index (κ3) is 4.05. The monoisotopic (exact) mass is 364 g/mol. The van der Waals surface area contributed by atoms with E-state index in [0.717, 1.165) is 18.4 Å². The summed E-state index contributed by atoms with van der Waals surface area (Å²) in [5.41, 5.74) is 2.24. The fourth-order valence-electron chi connectivity index (χ4n) is 3.55. The third-order valence-corrected chi connectivity index (χ3v) is 5.35. The Morgan fingerprint density at radius 2 is 1.70 bits per heavy atom. The van der Waals surface area contributed by atoms with E-state index in [1.165, 1.54) is 5.56 Å². The van der Waals surface area contributed by atoms with Crippen molar-refractivity contribution < 1.29 is 9.59 Å². The van der Waals surface area contributed by atoms with Gasteiger partial charge < -0.3 is 10.2 Å². The molecular weight excluding hydrogens is 336 g/mol. The van der Waals surface area contributed by atoms with Crippen LogP contribution in [0.2, 0.25) is 0 Å². The number of carbonyl (C=O) groups is 2. The van der Waals surface area contributed by atoms with Crippen molar-refractivity contribution in [3.63, 3.8) is 0 Å².